The zero-order valence-electron chi connectivity index (χ0n) is 22.5. The number of carbonyl (C=O) groups excluding carboxylic acids is 3. The molecule has 3 heterocycles. The molecule has 2 aliphatic carbocycles. The van der Waals surface area contributed by atoms with Crippen LogP contribution in [0.15, 0.2) is 66.4 Å². The number of epoxide rings is 1. The summed E-state index contributed by atoms with van der Waals surface area (Å²) in [6.45, 7) is 8.31. The second kappa shape index (κ2) is 8.91. The number of ketones is 2. The maximum atomic E-state index is 14.2. The highest BCUT2D eigenvalue weighted by atomic mass is 16.6. The van der Waals surface area contributed by atoms with E-state index < -0.39 is 16.9 Å². The lowest BCUT2D eigenvalue weighted by Gasteiger charge is -2.45. The number of fused-ring (bicyclic) bond motifs is 3. The highest BCUT2D eigenvalue weighted by Crippen LogP contribution is 2.66. The summed E-state index contributed by atoms with van der Waals surface area (Å²) in [5.74, 6) is -1.12. The highest BCUT2D eigenvalue weighted by molar-refractivity contribution is 6.15. The van der Waals surface area contributed by atoms with Gasteiger partial charge in [0.15, 0.2) is 11.6 Å². The summed E-state index contributed by atoms with van der Waals surface area (Å²) in [6, 6.07) is 7.90. The Morgan fingerprint density at radius 2 is 1.89 bits per heavy atom. The van der Waals surface area contributed by atoms with E-state index in [4.69, 9.17) is 4.74 Å². The Kier molecular flexibility index (Phi) is 5.87. The number of aromatic amines is 1. The smallest absolute Gasteiger partial charge is 0.235 e. The Morgan fingerprint density at radius 1 is 1.11 bits per heavy atom. The molecule has 1 aromatic carbocycles. The van der Waals surface area contributed by atoms with Crippen LogP contribution in [0.2, 0.25) is 0 Å². The van der Waals surface area contributed by atoms with Crippen LogP contribution in [-0.4, -0.2) is 40.2 Å². The molecule has 3 fully saturated rings. The van der Waals surface area contributed by atoms with E-state index in [0.29, 0.717) is 6.42 Å². The predicted molar refractivity (Wildman–Crippen MR) is 146 cm³/mol. The lowest BCUT2D eigenvalue weighted by atomic mass is 9.51. The molecule has 4 aliphatic rings. The van der Waals surface area contributed by atoms with Crippen molar-refractivity contribution < 1.29 is 19.1 Å². The third-order valence-electron chi connectivity index (χ3n) is 9.65. The largest absolute Gasteiger partial charge is 0.365 e. The van der Waals surface area contributed by atoms with Crippen LogP contribution in [0.4, 0.5) is 0 Å². The minimum Gasteiger partial charge on any atom is -0.365 e. The van der Waals surface area contributed by atoms with Gasteiger partial charge in [-0.2, -0.15) is 0 Å². The summed E-state index contributed by atoms with van der Waals surface area (Å²) in [4.78, 5) is 44.4. The van der Waals surface area contributed by atoms with Gasteiger partial charge in [-0.3, -0.25) is 14.4 Å². The van der Waals surface area contributed by atoms with Crippen molar-refractivity contribution in [3.05, 3.63) is 72.0 Å². The fourth-order valence-corrected chi connectivity index (χ4v) is 7.70. The van der Waals surface area contributed by atoms with Gasteiger partial charge in [0.2, 0.25) is 5.91 Å². The zero-order chi connectivity index (χ0) is 26.8. The van der Waals surface area contributed by atoms with Crippen molar-refractivity contribution in [1.82, 2.24) is 10.3 Å². The third kappa shape index (κ3) is 3.68. The van der Waals surface area contributed by atoms with Gasteiger partial charge in [-0.1, -0.05) is 55.8 Å². The molecule has 2 saturated heterocycles. The second-order valence-electron chi connectivity index (χ2n) is 12.1. The summed E-state index contributed by atoms with van der Waals surface area (Å²) >= 11 is 0. The van der Waals surface area contributed by atoms with Gasteiger partial charge in [-0.15, -0.1) is 0 Å². The lowest BCUT2D eigenvalue weighted by Crippen LogP contribution is -2.58. The molecule has 1 spiro atoms. The number of para-hydroxylation sites is 1. The molecule has 1 aromatic heterocycles. The van der Waals surface area contributed by atoms with Crippen LogP contribution in [0.1, 0.15) is 46.1 Å². The van der Waals surface area contributed by atoms with Crippen LogP contribution in [0, 0.1) is 29.1 Å². The molecule has 2 N–H and O–H groups in total. The molecule has 6 rings (SSSR count). The maximum Gasteiger partial charge on any atom is 0.235 e. The normalized spacial score (nSPS) is 41.9. The summed E-state index contributed by atoms with van der Waals surface area (Å²) < 4.78 is 6.35. The van der Waals surface area contributed by atoms with E-state index in [-0.39, 0.29) is 53.8 Å². The zero-order valence-corrected chi connectivity index (χ0v) is 22.5. The van der Waals surface area contributed by atoms with E-state index in [1.165, 1.54) is 12.2 Å². The fraction of sp³-hybridized carbons (Fsp3) is 0.469. The van der Waals surface area contributed by atoms with Crippen molar-refractivity contribution >= 4 is 28.4 Å². The number of ether oxygens (including phenoxy) is 1. The first kappa shape index (κ1) is 25.1. The predicted octanol–water partition coefficient (Wildman–Crippen LogP) is 4.86. The Hall–Kier alpha value is -3.25. The van der Waals surface area contributed by atoms with Gasteiger partial charge in [-0.05, 0) is 62.3 Å². The third-order valence-corrected chi connectivity index (χ3v) is 9.65. The van der Waals surface area contributed by atoms with E-state index in [1.807, 2.05) is 31.3 Å². The quantitative estimate of drug-likeness (QED) is 0.342. The van der Waals surface area contributed by atoms with Crippen molar-refractivity contribution in [3.8, 4) is 0 Å². The molecule has 2 aromatic rings. The summed E-state index contributed by atoms with van der Waals surface area (Å²) in [5.41, 5.74) is 1.44. The minimum atomic E-state index is -1.32. The SMILES string of the molecule is C/C1=C\[C@@H](C)C/C=C/[C@H]2[C@@H]3O[C@]3(C)[C@@H](C)[C@H]3[C@H](Cc4c[nH]c5ccccc45)NC(=O)[C@]32C(=O)/C=C/C(=O)C1. The van der Waals surface area contributed by atoms with Crippen LogP contribution >= 0.6 is 0 Å². The van der Waals surface area contributed by atoms with Crippen molar-refractivity contribution in [1.29, 1.82) is 0 Å². The molecule has 8 atom stereocenters. The van der Waals surface area contributed by atoms with Gasteiger partial charge in [0, 0.05) is 41.4 Å². The van der Waals surface area contributed by atoms with Crippen LogP contribution < -0.4 is 5.32 Å². The van der Waals surface area contributed by atoms with Crippen LogP contribution in [0.5, 0.6) is 0 Å². The van der Waals surface area contributed by atoms with Crippen molar-refractivity contribution in [2.45, 2.75) is 64.7 Å². The topological polar surface area (TPSA) is 91.6 Å². The van der Waals surface area contributed by atoms with Gasteiger partial charge in [0.25, 0.3) is 0 Å². The number of H-pyrrole nitrogens is 1. The first-order chi connectivity index (χ1) is 18.2. The van der Waals surface area contributed by atoms with E-state index in [9.17, 15) is 14.4 Å². The number of nitrogens with one attached hydrogen (secondary N) is 2. The number of aromatic nitrogens is 1. The monoisotopic (exact) mass is 512 g/mol. The molecular formula is C32H36N2O4. The molecule has 2 aliphatic heterocycles. The Morgan fingerprint density at radius 3 is 2.71 bits per heavy atom. The van der Waals surface area contributed by atoms with Crippen LogP contribution in [0.25, 0.3) is 10.9 Å². The molecular weight excluding hydrogens is 476 g/mol. The molecule has 6 nitrogen and oxygen atoms in total. The van der Waals surface area contributed by atoms with Gasteiger partial charge in [0.05, 0.1) is 11.7 Å². The Labute approximate surface area is 223 Å². The van der Waals surface area contributed by atoms with Crippen LogP contribution in [-0.2, 0) is 25.5 Å². The number of allylic oxidation sites excluding steroid dienone is 5. The van der Waals surface area contributed by atoms with Gasteiger partial charge in [-0.25, -0.2) is 0 Å². The van der Waals surface area contributed by atoms with Crippen molar-refractivity contribution in [3.63, 3.8) is 0 Å². The van der Waals surface area contributed by atoms with E-state index in [1.54, 1.807) is 0 Å². The molecule has 0 radical (unpaired) electrons. The Balaban J connectivity index is 1.46. The number of benzene rings is 1. The standard InChI is InChI=1S/C32H36N2O4/c1-18-8-7-10-24-29-31(4,38-29)20(3)28-26(16-21-17-33-25-11-6-5-9-23(21)25)34-30(37)32(24,28)27(36)13-12-22(35)15-19(2)14-18/h5-7,9-14,17-18,20,24,26,28-29,33H,8,15-16H2,1-4H3,(H,34,37)/b10-7+,13-12+,19-14+/t18-,20-,24-,26-,28-,29-,31+,32+/m0/s1. The fourth-order valence-electron chi connectivity index (χ4n) is 7.70. The summed E-state index contributed by atoms with van der Waals surface area (Å²) in [5, 5.41) is 4.39. The van der Waals surface area contributed by atoms with E-state index >= 15 is 0 Å². The Bertz CT molecular complexity index is 1420. The maximum absolute atomic E-state index is 14.2. The summed E-state index contributed by atoms with van der Waals surface area (Å²) in [7, 11) is 0. The molecule has 1 amide bonds. The van der Waals surface area contributed by atoms with Crippen molar-refractivity contribution in [2.24, 2.45) is 29.1 Å². The second-order valence-corrected chi connectivity index (χ2v) is 12.1. The molecule has 6 heteroatoms. The van der Waals surface area contributed by atoms with Gasteiger partial charge >= 0.3 is 0 Å². The average Bonchev–Trinajstić information content (AvgIpc) is 3.28. The van der Waals surface area contributed by atoms with E-state index in [2.05, 4.69) is 55.4 Å². The number of carbonyl (C=O) groups is 3. The summed E-state index contributed by atoms with van der Waals surface area (Å²) in [6.07, 6.45) is 12.5. The van der Waals surface area contributed by atoms with Crippen molar-refractivity contribution in [2.75, 3.05) is 0 Å². The molecule has 1 saturated carbocycles. The lowest BCUT2D eigenvalue weighted by molar-refractivity contribution is -0.145. The minimum absolute atomic E-state index is 0.0297. The van der Waals surface area contributed by atoms with Crippen LogP contribution in [0.3, 0.4) is 0 Å². The number of rotatable bonds is 2. The highest BCUT2D eigenvalue weighted by Gasteiger charge is 2.78. The molecule has 0 bridgehead atoms. The first-order valence-electron chi connectivity index (χ1n) is 13.8. The van der Waals surface area contributed by atoms with Gasteiger partial charge in [0.1, 0.15) is 5.41 Å². The molecule has 198 valence electrons. The molecule has 38 heavy (non-hydrogen) atoms. The van der Waals surface area contributed by atoms with Gasteiger partial charge < -0.3 is 15.0 Å². The average molecular weight is 513 g/mol. The molecule has 0 unspecified atom stereocenters. The van der Waals surface area contributed by atoms with E-state index in [0.717, 1.165) is 28.5 Å². The number of hydrogen-bond donors (Lipinski definition) is 2. The number of hydrogen-bond acceptors (Lipinski definition) is 4. The number of amides is 1. The first-order valence-corrected chi connectivity index (χ1v) is 13.8.